The van der Waals surface area contributed by atoms with Crippen LogP contribution in [-0.2, 0) is 4.74 Å². The lowest BCUT2D eigenvalue weighted by Crippen LogP contribution is -1.89. The number of allylic oxidation sites excluding steroid dienone is 9. The summed E-state index contributed by atoms with van der Waals surface area (Å²) in [6, 6.07) is 0. The van der Waals surface area contributed by atoms with Gasteiger partial charge in [0.25, 0.3) is 0 Å². The van der Waals surface area contributed by atoms with Crippen LogP contribution in [0, 0.1) is 0 Å². The van der Waals surface area contributed by atoms with Gasteiger partial charge in [-0.05, 0) is 95.5 Å². The van der Waals surface area contributed by atoms with E-state index in [4.69, 9.17) is 4.74 Å². The second-order valence-electron chi connectivity index (χ2n) is 11.7. The second kappa shape index (κ2) is 35.5. The van der Waals surface area contributed by atoms with Crippen LogP contribution in [-0.4, -0.2) is 7.11 Å². The largest absolute Gasteiger partial charge is 0.504 e. The molecule has 0 radical (unpaired) electrons. The van der Waals surface area contributed by atoms with Crippen molar-refractivity contribution < 1.29 is 4.74 Å². The quantitative estimate of drug-likeness (QED) is 0.0470. The molecule has 0 aromatic rings. The molecule has 0 aliphatic carbocycles. The minimum atomic E-state index is 1.11. The van der Waals surface area contributed by atoms with Crippen molar-refractivity contribution in [2.75, 3.05) is 7.11 Å². The lowest BCUT2D eigenvalue weighted by molar-refractivity contribution is 0.330. The Labute approximate surface area is 252 Å². The van der Waals surface area contributed by atoms with E-state index in [0.29, 0.717) is 0 Å². The first kappa shape index (κ1) is 38.5. The van der Waals surface area contributed by atoms with Crippen molar-refractivity contribution in [3.63, 3.8) is 0 Å². The van der Waals surface area contributed by atoms with E-state index in [1.807, 2.05) is 6.26 Å². The van der Waals surface area contributed by atoms with E-state index in [1.165, 1.54) is 160 Å². The molecule has 0 amide bonds. The third-order valence-corrected chi connectivity index (χ3v) is 7.68. The molecule has 0 bridgehead atoms. The van der Waals surface area contributed by atoms with Crippen LogP contribution in [0.15, 0.2) is 60.4 Å². The van der Waals surface area contributed by atoms with E-state index in [2.05, 4.69) is 62.5 Å². The molecule has 0 aliphatic rings. The Balaban J connectivity index is 3.53. The molecule has 1 heteroatoms. The van der Waals surface area contributed by atoms with Crippen molar-refractivity contribution >= 4 is 0 Å². The normalized spacial score (nSPS) is 12.1. The Morgan fingerprint density at radius 3 is 1.07 bits per heavy atom. The minimum Gasteiger partial charge on any atom is -0.504 e. The Kier molecular flexibility index (Phi) is 34.2. The van der Waals surface area contributed by atoms with Gasteiger partial charge < -0.3 is 4.74 Å². The van der Waals surface area contributed by atoms with Gasteiger partial charge in [-0.3, -0.25) is 0 Å². The standard InChI is InChI=1S/C39H70O/c1-4-6-8-10-12-14-16-18-20-22-24-26-28-30-32-34-36-39(38-40-3)37-35-33-31-29-27-25-23-21-19-17-15-13-11-9-7-5-2/h12-15,18-21,38H,4-11,16-17,22-37H2,1-3H3/b14-12-,15-13-,20-18-,21-19-. The van der Waals surface area contributed by atoms with Crippen LogP contribution in [0.2, 0.25) is 0 Å². The molecule has 0 N–H and O–H groups in total. The van der Waals surface area contributed by atoms with E-state index < -0.39 is 0 Å². The molecule has 0 rings (SSSR count). The topological polar surface area (TPSA) is 9.23 Å². The fraction of sp³-hybridized carbons (Fsp3) is 0.744. The summed E-state index contributed by atoms with van der Waals surface area (Å²) in [7, 11) is 1.80. The molecule has 0 saturated carbocycles. The highest BCUT2D eigenvalue weighted by molar-refractivity contribution is 4.98. The van der Waals surface area contributed by atoms with E-state index in [-0.39, 0.29) is 0 Å². The summed E-state index contributed by atoms with van der Waals surface area (Å²) in [4.78, 5) is 0. The average molecular weight is 555 g/mol. The van der Waals surface area contributed by atoms with E-state index in [0.717, 1.165) is 12.8 Å². The number of hydrogen-bond donors (Lipinski definition) is 0. The molecule has 40 heavy (non-hydrogen) atoms. The number of rotatable bonds is 31. The summed E-state index contributed by atoms with van der Waals surface area (Å²) in [6.07, 6.45) is 54.9. The van der Waals surface area contributed by atoms with Crippen molar-refractivity contribution in [3.8, 4) is 0 Å². The SMILES string of the molecule is CCCCC/C=C\C/C=C\CCCCCCCCC(=COC)CCCCCCCC/C=C\C/C=C\CCCCC. The maximum Gasteiger partial charge on any atom is 0.0816 e. The fourth-order valence-electron chi connectivity index (χ4n) is 5.09. The van der Waals surface area contributed by atoms with E-state index in [9.17, 15) is 0 Å². The molecule has 0 heterocycles. The lowest BCUT2D eigenvalue weighted by atomic mass is 10.00. The van der Waals surface area contributed by atoms with Crippen molar-refractivity contribution in [1.82, 2.24) is 0 Å². The molecule has 0 saturated heterocycles. The van der Waals surface area contributed by atoms with E-state index in [1.54, 1.807) is 7.11 Å². The third-order valence-electron chi connectivity index (χ3n) is 7.68. The molecule has 0 fully saturated rings. The van der Waals surface area contributed by atoms with Crippen molar-refractivity contribution in [3.05, 3.63) is 60.4 Å². The van der Waals surface area contributed by atoms with Crippen LogP contribution < -0.4 is 0 Å². The summed E-state index contributed by atoms with van der Waals surface area (Å²) < 4.78 is 5.38. The van der Waals surface area contributed by atoms with Crippen LogP contribution in [0.3, 0.4) is 0 Å². The van der Waals surface area contributed by atoms with E-state index >= 15 is 0 Å². The molecule has 232 valence electrons. The molecule has 0 aromatic heterocycles. The lowest BCUT2D eigenvalue weighted by Gasteiger charge is -2.08. The van der Waals surface area contributed by atoms with Gasteiger partial charge in [-0.1, -0.05) is 140 Å². The Morgan fingerprint density at radius 1 is 0.400 bits per heavy atom. The van der Waals surface area contributed by atoms with Crippen molar-refractivity contribution in [1.29, 1.82) is 0 Å². The van der Waals surface area contributed by atoms with Gasteiger partial charge in [-0.2, -0.15) is 0 Å². The van der Waals surface area contributed by atoms with Crippen LogP contribution >= 0.6 is 0 Å². The summed E-state index contributed by atoms with van der Waals surface area (Å²) in [5, 5.41) is 0. The van der Waals surface area contributed by atoms with Gasteiger partial charge in [0.15, 0.2) is 0 Å². The molecule has 0 unspecified atom stereocenters. The van der Waals surface area contributed by atoms with Gasteiger partial charge in [0, 0.05) is 0 Å². The molecular formula is C39H70O. The third kappa shape index (κ3) is 32.7. The van der Waals surface area contributed by atoms with Gasteiger partial charge in [0.2, 0.25) is 0 Å². The zero-order valence-corrected chi connectivity index (χ0v) is 27.5. The first-order valence-electron chi connectivity index (χ1n) is 17.7. The van der Waals surface area contributed by atoms with Crippen molar-refractivity contribution in [2.24, 2.45) is 0 Å². The number of ether oxygens (including phenoxy) is 1. The highest BCUT2D eigenvalue weighted by Gasteiger charge is 2.00. The van der Waals surface area contributed by atoms with Crippen LogP contribution in [0.5, 0.6) is 0 Å². The smallest absolute Gasteiger partial charge is 0.0816 e. The summed E-state index contributed by atoms with van der Waals surface area (Å²) >= 11 is 0. The predicted molar refractivity (Wildman–Crippen MR) is 183 cm³/mol. The van der Waals surface area contributed by atoms with Gasteiger partial charge in [-0.15, -0.1) is 0 Å². The Morgan fingerprint density at radius 2 is 0.725 bits per heavy atom. The monoisotopic (exact) mass is 555 g/mol. The van der Waals surface area contributed by atoms with Gasteiger partial charge in [0.05, 0.1) is 13.4 Å². The van der Waals surface area contributed by atoms with Crippen LogP contribution in [0.25, 0.3) is 0 Å². The van der Waals surface area contributed by atoms with Crippen molar-refractivity contribution in [2.45, 2.75) is 181 Å². The maximum atomic E-state index is 5.38. The molecule has 0 atom stereocenters. The maximum absolute atomic E-state index is 5.38. The molecule has 0 aromatic carbocycles. The number of hydrogen-bond acceptors (Lipinski definition) is 1. The average Bonchev–Trinajstić information content (AvgIpc) is 2.96. The minimum absolute atomic E-state index is 1.11. The molecule has 0 spiro atoms. The zero-order chi connectivity index (χ0) is 29.0. The second-order valence-corrected chi connectivity index (χ2v) is 11.7. The number of unbranched alkanes of at least 4 members (excludes halogenated alkanes) is 18. The van der Waals surface area contributed by atoms with Gasteiger partial charge >= 0.3 is 0 Å². The predicted octanol–water partition coefficient (Wildman–Crippen LogP) is 13.9. The zero-order valence-electron chi connectivity index (χ0n) is 27.5. The Hall–Kier alpha value is -1.50. The fourth-order valence-corrected chi connectivity index (χ4v) is 5.09. The van der Waals surface area contributed by atoms with Crippen LogP contribution in [0.1, 0.15) is 181 Å². The number of methoxy groups -OCH3 is 1. The summed E-state index contributed by atoms with van der Waals surface area (Å²) in [5.74, 6) is 0. The first-order valence-corrected chi connectivity index (χ1v) is 17.7. The van der Waals surface area contributed by atoms with Gasteiger partial charge in [-0.25, -0.2) is 0 Å². The molecule has 1 nitrogen and oxygen atoms in total. The molecule has 0 aliphatic heterocycles. The summed E-state index contributed by atoms with van der Waals surface area (Å²) in [5.41, 5.74) is 1.52. The highest BCUT2D eigenvalue weighted by atomic mass is 16.5. The first-order chi connectivity index (χ1) is 19.8. The highest BCUT2D eigenvalue weighted by Crippen LogP contribution is 2.19. The van der Waals surface area contributed by atoms with Crippen LogP contribution in [0.4, 0.5) is 0 Å². The van der Waals surface area contributed by atoms with Gasteiger partial charge in [0.1, 0.15) is 0 Å². The summed E-state index contributed by atoms with van der Waals surface area (Å²) in [6.45, 7) is 4.53. The molecular weight excluding hydrogens is 484 g/mol. The Bertz CT molecular complexity index is 571.